The summed E-state index contributed by atoms with van der Waals surface area (Å²) < 4.78 is 18.1. The number of nitro benzene ring substituents is 1. The molecule has 0 aromatic heterocycles. The van der Waals surface area contributed by atoms with Crippen LogP contribution in [0.15, 0.2) is 42.5 Å². The number of benzene rings is 2. The minimum Gasteiger partial charge on any atom is -0.487 e. The van der Waals surface area contributed by atoms with Gasteiger partial charge >= 0.3 is 0 Å². The molecule has 4 nitrogen and oxygen atoms in total. The topological polar surface area (TPSA) is 52.4 Å². The van der Waals surface area contributed by atoms with Crippen molar-refractivity contribution in [1.29, 1.82) is 0 Å². The summed E-state index contributed by atoms with van der Waals surface area (Å²) in [5.41, 5.74) is 0.676. The first-order valence-corrected chi connectivity index (χ1v) is 5.75. The second-order valence-corrected chi connectivity index (χ2v) is 4.19. The van der Waals surface area contributed by atoms with E-state index in [4.69, 9.17) is 16.3 Å². The molecule has 2 aromatic rings. The third kappa shape index (κ3) is 3.42. The zero-order valence-electron chi connectivity index (χ0n) is 9.68. The summed E-state index contributed by atoms with van der Waals surface area (Å²) in [5.74, 6) is 0.0220. The second-order valence-electron chi connectivity index (χ2n) is 3.79. The van der Waals surface area contributed by atoms with Crippen molar-refractivity contribution in [1.82, 2.24) is 0 Å². The van der Waals surface area contributed by atoms with Gasteiger partial charge in [0.15, 0.2) is 0 Å². The third-order valence-corrected chi connectivity index (χ3v) is 2.73. The molecule has 2 rings (SSSR count). The van der Waals surface area contributed by atoms with Crippen molar-refractivity contribution >= 4 is 17.3 Å². The lowest BCUT2D eigenvalue weighted by Gasteiger charge is -2.07. The Balaban J connectivity index is 2.07. The molecule has 0 bridgehead atoms. The Morgan fingerprint density at radius 1 is 1.21 bits per heavy atom. The number of rotatable bonds is 4. The van der Waals surface area contributed by atoms with Gasteiger partial charge in [0.1, 0.15) is 18.2 Å². The molecule has 0 unspecified atom stereocenters. The lowest BCUT2D eigenvalue weighted by molar-refractivity contribution is -0.384. The monoisotopic (exact) mass is 281 g/mol. The molecule has 0 aliphatic carbocycles. The quantitative estimate of drug-likeness (QED) is 0.629. The maximum Gasteiger partial charge on any atom is 0.271 e. The van der Waals surface area contributed by atoms with Gasteiger partial charge in [-0.05, 0) is 23.8 Å². The van der Waals surface area contributed by atoms with Crippen LogP contribution < -0.4 is 4.74 Å². The van der Waals surface area contributed by atoms with E-state index < -0.39 is 4.92 Å². The highest BCUT2D eigenvalue weighted by molar-refractivity contribution is 6.32. The van der Waals surface area contributed by atoms with Crippen LogP contribution in [-0.4, -0.2) is 4.92 Å². The van der Waals surface area contributed by atoms with Crippen LogP contribution >= 0.6 is 11.6 Å². The van der Waals surface area contributed by atoms with Gasteiger partial charge in [0.05, 0.1) is 9.95 Å². The number of hydrogen-bond acceptors (Lipinski definition) is 3. The molecule has 19 heavy (non-hydrogen) atoms. The van der Waals surface area contributed by atoms with E-state index in [1.54, 1.807) is 12.1 Å². The average Bonchev–Trinajstić information content (AvgIpc) is 2.39. The fourth-order valence-corrected chi connectivity index (χ4v) is 1.69. The predicted molar refractivity (Wildman–Crippen MR) is 68.8 cm³/mol. The van der Waals surface area contributed by atoms with E-state index in [1.165, 1.54) is 30.3 Å². The zero-order chi connectivity index (χ0) is 13.8. The Bertz CT molecular complexity index is 601. The number of non-ortho nitro benzene ring substituents is 1. The second kappa shape index (κ2) is 5.67. The number of nitro groups is 1. The van der Waals surface area contributed by atoms with Gasteiger partial charge < -0.3 is 4.74 Å². The van der Waals surface area contributed by atoms with Crippen molar-refractivity contribution in [3.05, 3.63) is 69.0 Å². The molecule has 0 radical (unpaired) electrons. The van der Waals surface area contributed by atoms with Gasteiger partial charge in [-0.15, -0.1) is 0 Å². The van der Waals surface area contributed by atoms with Crippen LogP contribution in [0.2, 0.25) is 5.02 Å². The molecule has 98 valence electrons. The van der Waals surface area contributed by atoms with Crippen LogP contribution in [0.3, 0.4) is 0 Å². The summed E-state index contributed by atoms with van der Waals surface area (Å²) in [6, 6.07) is 9.81. The van der Waals surface area contributed by atoms with Crippen LogP contribution in [0.5, 0.6) is 5.75 Å². The summed E-state index contributed by atoms with van der Waals surface area (Å²) in [6.45, 7) is 0.206. The summed E-state index contributed by atoms with van der Waals surface area (Å²) in [5, 5.41) is 10.7. The molecule has 6 heteroatoms. The molecule has 0 fully saturated rings. The first-order valence-electron chi connectivity index (χ1n) is 5.37. The van der Waals surface area contributed by atoms with Gasteiger partial charge in [0.2, 0.25) is 0 Å². The maximum atomic E-state index is 12.7. The van der Waals surface area contributed by atoms with Crippen molar-refractivity contribution in [2.75, 3.05) is 0 Å². The summed E-state index contributed by atoms with van der Waals surface area (Å²) in [7, 11) is 0. The number of halogens is 2. The summed E-state index contributed by atoms with van der Waals surface area (Å²) in [6.07, 6.45) is 0. The molecule has 0 saturated heterocycles. The van der Waals surface area contributed by atoms with E-state index >= 15 is 0 Å². The Kier molecular flexibility index (Phi) is 3.97. The van der Waals surface area contributed by atoms with Gasteiger partial charge in [0, 0.05) is 12.1 Å². The van der Waals surface area contributed by atoms with Crippen molar-refractivity contribution in [2.24, 2.45) is 0 Å². The molecule has 0 saturated carbocycles. The fraction of sp³-hybridized carbons (Fsp3) is 0.0769. The van der Waals surface area contributed by atoms with Crippen LogP contribution in [0.25, 0.3) is 0 Å². The molecule has 0 heterocycles. The number of nitrogens with zero attached hydrogens (tertiary/aromatic N) is 1. The molecule has 0 amide bonds. The normalized spacial score (nSPS) is 10.2. The zero-order valence-corrected chi connectivity index (χ0v) is 10.4. The minimum absolute atomic E-state index is 0.0980. The Labute approximate surface area is 113 Å². The van der Waals surface area contributed by atoms with Crippen molar-refractivity contribution < 1.29 is 14.1 Å². The van der Waals surface area contributed by atoms with Crippen molar-refractivity contribution in [3.8, 4) is 5.75 Å². The van der Waals surface area contributed by atoms with Crippen LogP contribution in [0, 0.1) is 15.9 Å². The Morgan fingerprint density at radius 2 is 1.89 bits per heavy atom. The maximum absolute atomic E-state index is 12.7. The van der Waals surface area contributed by atoms with E-state index in [9.17, 15) is 14.5 Å². The van der Waals surface area contributed by atoms with Crippen LogP contribution in [0.4, 0.5) is 10.1 Å². The van der Waals surface area contributed by atoms with E-state index in [0.717, 1.165) is 5.56 Å². The highest BCUT2D eigenvalue weighted by Gasteiger charge is 2.10. The van der Waals surface area contributed by atoms with Crippen molar-refractivity contribution in [3.63, 3.8) is 0 Å². The van der Waals surface area contributed by atoms with Crippen LogP contribution in [0.1, 0.15) is 5.56 Å². The van der Waals surface area contributed by atoms with E-state index in [-0.39, 0.29) is 23.1 Å². The number of ether oxygens (including phenoxy) is 1. The molecular weight excluding hydrogens is 273 g/mol. The van der Waals surface area contributed by atoms with Gasteiger partial charge in [-0.25, -0.2) is 4.39 Å². The Hall–Kier alpha value is -2.14. The van der Waals surface area contributed by atoms with E-state index in [2.05, 4.69) is 0 Å². The van der Waals surface area contributed by atoms with E-state index in [0.29, 0.717) is 5.75 Å². The van der Waals surface area contributed by atoms with E-state index in [1.807, 2.05) is 0 Å². The summed E-state index contributed by atoms with van der Waals surface area (Å²) in [4.78, 5) is 10.0. The molecule has 2 aromatic carbocycles. The minimum atomic E-state index is -0.532. The largest absolute Gasteiger partial charge is 0.487 e. The molecule has 0 aliphatic heterocycles. The first kappa shape index (κ1) is 13.3. The third-order valence-electron chi connectivity index (χ3n) is 2.43. The molecule has 0 spiro atoms. The van der Waals surface area contributed by atoms with Crippen molar-refractivity contribution in [2.45, 2.75) is 6.61 Å². The molecular formula is C13H9ClFNO3. The smallest absolute Gasteiger partial charge is 0.271 e. The predicted octanol–water partition coefficient (Wildman–Crippen LogP) is 3.97. The summed E-state index contributed by atoms with van der Waals surface area (Å²) >= 11 is 5.88. The number of hydrogen-bond donors (Lipinski definition) is 0. The first-order chi connectivity index (χ1) is 9.06. The Morgan fingerprint density at radius 3 is 2.47 bits per heavy atom. The average molecular weight is 282 g/mol. The van der Waals surface area contributed by atoms with Gasteiger partial charge in [-0.1, -0.05) is 23.7 Å². The fourth-order valence-electron chi connectivity index (χ4n) is 1.46. The van der Waals surface area contributed by atoms with Gasteiger partial charge in [-0.3, -0.25) is 10.1 Å². The van der Waals surface area contributed by atoms with Crippen LogP contribution in [-0.2, 0) is 6.61 Å². The highest BCUT2D eigenvalue weighted by Crippen LogP contribution is 2.29. The van der Waals surface area contributed by atoms with Gasteiger partial charge in [-0.2, -0.15) is 0 Å². The lowest BCUT2D eigenvalue weighted by Crippen LogP contribution is -1.96. The molecule has 0 N–H and O–H groups in total. The molecule has 0 atom stereocenters. The SMILES string of the molecule is O=[N+]([O-])c1ccc(OCc2ccc(F)cc2)c(Cl)c1. The standard InChI is InChI=1S/C13H9ClFNO3/c14-12-7-11(16(17)18)5-6-13(12)19-8-9-1-3-10(15)4-2-9/h1-7H,8H2. The molecule has 0 aliphatic rings. The highest BCUT2D eigenvalue weighted by atomic mass is 35.5. The lowest BCUT2D eigenvalue weighted by atomic mass is 10.2. The van der Waals surface area contributed by atoms with Gasteiger partial charge in [0.25, 0.3) is 5.69 Å².